The van der Waals surface area contributed by atoms with E-state index in [9.17, 15) is 4.79 Å². The second kappa shape index (κ2) is 6.02. The summed E-state index contributed by atoms with van der Waals surface area (Å²) in [6.45, 7) is 6.94. The van der Waals surface area contributed by atoms with E-state index in [0.29, 0.717) is 5.92 Å². The first-order chi connectivity index (χ1) is 6.75. The number of hydrogen-bond donors (Lipinski definition) is 2. The van der Waals surface area contributed by atoms with Crippen molar-refractivity contribution in [3.63, 3.8) is 0 Å². The monoisotopic (exact) mass is 198 g/mol. The highest BCUT2D eigenvalue weighted by Gasteiger charge is 2.32. The van der Waals surface area contributed by atoms with Gasteiger partial charge in [-0.25, -0.2) is 0 Å². The van der Waals surface area contributed by atoms with Crippen LogP contribution in [0.15, 0.2) is 0 Å². The lowest BCUT2D eigenvalue weighted by Gasteiger charge is -2.10. The first-order valence-electron chi connectivity index (χ1n) is 5.74. The van der Waals surface area contributed by atoms with Crippen LogP contribution in [-0.4, -0.2) is 25.5 Å². The highest BCUT2D eigenvalue weighted by Crippen LogP contribution is 2.36. The van der Waals surface area contributed by atoms with Crippen LogP contribution in [-0.2, 0) is 4.79 Å². The van der Waals surface area contributed by atoms with Crippen LogP contribution in [0.2, 0.25) is 0 Å². The smallest absolute Gasteiger partial charge is 0.223 e. The third-order valence-electron chi connectivity index (χ3n) is 2.82. The van der Waals surface area contributed by atoms with E-state index in [1.54, 1.807) is 0 Å². The van der Waals surface area contributed by atoms with Gasteiger partial charge in [0.05, 0.1) is 0 Å². The molecular weight excluding hydrogens is 176 g/mol. The van der Waals surface area contributed by atoms with Crippen molar-refractivity contribution in [2.75, 3.05) is 19.6 Å². The molecule has 2 N–H and O–H groups in total. The Kier molecular flexibility index (Phi) is 4.94. The Labute approximate surface area is 86.6 Å². The molecule has 1 amide bonds. The molecule has 0 heterocycles. The van der Waals surface area contributed by atoms with Gasteiger partial charge in [0.25, 0.3) is 0 Å². The van der Waals surface area contributed by atoms with E-state index in [2.05, 4.69) is 17.6 Å². The topological polar surface area (TPSA) is 41.1 Å². The summed E-state index contributed by atoms with van der Waals surface area (Å²) in [6, 6.07) is 0. The van der Waals surface area contributed by atoms with Crippen LogP contribution in [0.3, 0.4) is 0 Å². The summed E-state index contributed by atoms with van der Waals surface area (Å²) in [4.78, 5) is 11.5. The molecule has 3 nitrogen and oxygen atoms in total. The lowest BCUT2D eigenvalue weighted by atomic mass is 10.1. The Hall–Kier alpha value is -0.570. The first-order valence-corrected chi connectivity index (χ1v) is 5.74. The van der Waals surface area contributed by atoms with Crippen molar-refractivity contribution < 1.29 is 4.79 Å². The number of hydrogen-bond acceptors (Lipinski definition) is 2. The third kappa shape index (κ3) is 4.09. The number of amides is 1. The van der Waals surface area contributed by atoms with Crippen molar-refractivity contribution >= 4 is 5.91 Å². The fourth-order valence-electron chi connectivity index (χ4n) is 1.57. The average molecular weight is 198 g/mol. The van der Waals surface area contributed by atoms with Gasteiger partial charge in [0, 0.05) is 12.5 Å². The highest BCUT2D eigenvalue weighted by molar-refractivity contribution is 5.78. The standard InChI is InChI=1S/C11H22N2O/c1-3-12-7-4-8-13-11(14)9(2)10-5-6-10/h9-10,12H,3-8H2,1-2H3,(H,13,14). The number of rotatable bonds is 7. The summed E-state index contributed by atoms with van der Waals surface area (Å²) in [7, 11) is 0. The maximum Gasteiger partial charge on any atom is 0.223 e. The highest BCUT2D eigenvalue weighted by atomic mass is 16.1. The summed E-state index contributed by atoms with van der Waals surface area (Å²) in [5, 5.41) is 6.22. The third-order valence-corrected chi connectivity index (χ3v) is 2.82. The van der Waals surface area contributed by atoms with E-state index in [-0.39, 0.29) is 11.8 Å². The Morgan fingerprint density at radius 2 is 2.14 bits per heavy atom. The molecule has 0 aromatic carbocycles. The van der Waals surface area contributed by atoms with Crippen LogP contribution < -0.4 is 10.6 Å². The number of carbonyl (C=O) groups excluding carboxylic acids is 1. The van der Waals surface area contributed by atoms with Crippen molar-refractivity contribution in [1.29, 1.82) is 0 Å². The molecule has 0 saturated heterocycles. The molecule has 0 bridgehead atoms. The molecule has 0 aromatic heterocycles. The molecule has 0 radical (unpaired) electrons. The predicted molar refractivity (Wildman–Crippen MR) is 58.1 cm³/mol. The largest absolute Gasteiger partial charge is 0.356 e. The molecule has 0 aromatic rings. The van der Waals surface area contributed by atoms with E-state index in [4.69, 9.17) is 0 Å². The summed E-state index contributed by atoms with van der Waals surface area (Å²) in [5.41, 5.74) is 0. The van der Waals surface area contributed by atoms with Gasteiger partial charge < -0.3 is 10.6 Å². The molecule has 1 saturated carbocycles. The van der Waals surface area contributed by atoms with Crippen LogP contribution in [0.4, 0.5) is 0 Å². The van der Waals surface area contributed by atoms with Crippen molar-refractivity contribution in [3.05, 3.63) is 0 Å². The average Bonchev–Trinajstić information content (AvgIpc) is 2.99. The van der Waals surface area contributed by atoms with E-state index in [0.717, 1.165) is 26.1 Å². The molecule has 82 valence electrons. The minimum Gasteiger partial charge on any atom is -0.356 e. The van der Waals surface area contributed by atoms with Gasteiger partial charge in [-0.15, -0.1) is 0 Å². The van der Waals surface area contributed by atoms with Gasteiger partial charge >= 0.3 is 0 Å². The Balaban J connectivity index is 1.97. The fraction of sp³-hybridized carbons (Fsp3) is 0.909. The van der Waals surface area contributed by atoms with Gasteiger partial charge in [-0.3, -0.25) is 4.79 Å². The van der Waals surface area contributed by atoms with Crippen LogP contribution >= 0.6 is 0 Å². The van der Waals surface area contributed by atoms with E-state index in [1.807, 2.05) is 6.92 Å². The maximum absolute atomic E-state index is 11.5. The molecule has 1 atom stereocenters. The zero-order valence-electron chi connectivity index (χ0n) is 9.31. The van der Waals surface area contributed by atoms with Crippen LogP contribution in [0.25, 0.3) is 0 Å². The quantitative estimate of drug-likeness (QED) is 0.602. The second-order valence-corrected chi connectivity index (χ2v) is 4.12. The van der Waals surface area contributed by atoms with Crippen molar-refractivity contribution in [2.24, 2.45) is 11.8 Å². The molecule has 1 aliphatic rings. The molecule has 1 unspecified atom stereocenters. The second-order valence-electron chi connectivity index (χ2n) is 4.12. The lowest BCUT2D eigenvalue weighted by molar-refractivity contribution is -0.125. The molecular formula is C11H22N2O. The molecule has 1 fully saturated rings. The van der Waals surface area contributed by atoms with Gasteiger partial charge in [-0.1, -0.05) is 13.8 Å². The van der Waals surface area contributed by atoms with Crippen molar-refractivity contribution in [3.8, 4) is 0 Å². The van der Waals surface area contributed by atoms with Crippen LogP contribution in [0.1, 0.15) is 33.1 Å². The first kappa shape index (κ1) is 11.5. The normalized spacial score (nSPS) is 17.9. The Morgan fingerprint density at radius 3 is 2.71 bits per heavy atom. The fourth-order valence-corrected chi connectivity index (χ4v) is 1.57. The van der Waals surface area contributed by atoms with Gasteiger partial charge in [0.15, 0.2) is 0 Å². The SMILES string of the molecule is CCNCCCNC(=O)C(C)C1CC1. The van der Waals surface area contributed by atoms with E-state index < -0.39 is 0 Å². The van der Waals surface area contributed by atoms with Gasteiger partial charge in [-0.05, 0) is 38.3 Å². The molecule has 14 heavy (non-hydrogen) atoms. The molecule has 1 rings (SSSR count). The molecule has 0 aliphatic heterocycles. The van der Waals surface area contributed by atoms with E-state index >= 15 is 0 Å². The molecule has 1 aliphatic carbocycles. The maximum atomic E-state index is 11.5. The lowest BCUT2D eigenvalue weighted by Crippen LogP contribution is -2.32. The van der Waals surface area contributed by atoms with Crippen LogP contribution in [0.5, 0.6) is 0 Å². The zero-order valence-corrected chi connectivity index (χ0v) is 9.31. The van der Waals surface area contributed by atoms with Crippen LogP contribution in [0, 0.1) is 11.8 Å². The van der Waals surface area contributed by atoms with E-state index in [1.165, 1.54) is 12.8 Å². The Morgan fingerprint density at radius 1 is 1.43 bits per heavy atom. The van der Waals surface area contributed by atoms with Gasteiger partial charge in [0.2, 0.25) is 5.91 Å². The summed E-state index contributed by atoms with van der Waals surface area (Å²) < 4.78 is 0. The number of nitrogens with one attached hydrogen (secondary N) is 2. The van der Waals surface area contributed by atoms with Gasteiger partial charge in [-0.2, -0.15) is 0 Å². The molecule has 3 heteroatoms. The van der Waals surface area contributed by atoms with Gasteiger partial charge in [0.1, 0.15) is 0 Å². The summed E-state index contributed by atoms with van der Waals surface area (Å²) in [5.74, 6) is 1.14. The van der Waals surface area contributed by atoms with Crippen molar-refractivity contribution in [1.82, 2.24) is 10.6 Å². The predicted octanol–water partition coefficient (Wildman–Crippen LogP) is 1.15. The minimum absolute atomic E-state index is 0.231. The van der Waals surface area contributed by atoms with Crippen molar-refractivity contribution in [2.45, 2.75) is 33.1 Å². The zero-order chi connectivity index (χ0) is 10.4. The molecule has 0 spiro atoms. The Bertz CT molecular complexity index is 178. The number of carbonyl (C=O) groups is 1. The minimum atomic E-state index is 0.231. The summed E-state index contributed by atoms with van der Waals surface area (Å²) >= 11 is 0. The summed E-state index contributed by atoms with van der Waals surface area (Å²) in [6.07, 6.45) is 3.51.